The molecule has 0 aliphatic rings. The summed E-state index contributed by atoms with van der Waals surface area (Å²) in [4.78, 5) is 12.3. The number of hydrogen-bond acceptors (Lipinski definition) is 3. The number of benzene rings is 2. The molecule has 1 unspecified atom stereocenters. The van der Waals surface area contributed by atoms with Crippen LogP contribution in [0, 0.1) is 0 Å². The molecule has 2 rings (SSSR count). The predicted molar refractivity (Wildman–Crippen MR) is 86.1 cm³/mol. The smallest absolute Gasteiger partial charge is 0.251 e. The zero-order valence-electron chi connectivity index (χ0n) is 12.9. The number of carbonyl (C=O) groups is 1. The van der Waals surface area contributed by atoms with Crippen LogP contribution in [0.4, 0.5) is 0 Å². The summed E-state index contributed by atoms with van der Waals surface area (Å²) in [5.41, 5.74) is 2.61. The number of nitrogens with one attached hydrogen (secondary N) is 1. The Kier molecular flexibility index (Phi) is 5.55. The molecule has 0 saturated heterocycles. The molecule has 2 N–H and O–H groups in total. The zero-order valence-corrected chi connectivity index (χ0v) is 12.9. The summed E-state index contributed by atoms with van der Waals surface area (Å²) in [6.45, 7) is 1.93. The molecule has 4 nitrogen and oxygen atoms in total. The van der Waals surface area contributed by atoms with E-state index in [2.05, 4.69) is 12.2 Å². The molecule has 1 atom stereocenters. The van der Waals surface area contributed by atoms with Crippen LogP contribution in [0.1, 0.15) is 34.5 Å². The number of aliphatic hydroxyl groups is 1. The molecule has 0 aliphatic heterocycles. The van der Waals surface area contributed by atoms with Crippen molar-refractivity contribution in [3.63, 3.8) is 0 Å². The first-order chi connectivity index (χ1) is 10.7. The number of hydrogen-bond donors (Lipinski definition) is 2. The third kappa shape index (κ3) is 3.86. The number of carbonyl (C=O) groups excluding carboxylic acids is 1. The van der Waals surface area contributed by atoms with Crippen molar-refractivity contribution < 1.29 is 14.6 Å². The molecule has 4 heteroatoms. The highest BCUT2D eigenvalue weighted by atomic mass is 16.5. The van der Waals surface area contributed by atoms with Crippen LogP contribution in [0.25, 0.3) is 0 Å². The van der Waals surface area contributed by atoms with E-state index in [0.29, 0.717) is 11.3 Å². The number of aryl methyl sites for hydroxylation is 1. The molecule has 0 heterocycles. The predicted octanol–water partition coefficient (Wildman–Crippen LogP) is 2.72. The Bertz CT molecular complexity index is 622. The highest BCUT2D eigenvalue weighted by Crippen LogP contribution is 2.17. The zero-order chi connectivity index (χ0) is 15.9. The molecule has 0 bridgehead atoms. The van der Waals surface area contributed by atoms with Gasteiger partial charge in [-0.1, -0.05) is 37.3 Å². The van der Waals surface area contributed by atoms with Crippen LogP contribution in [0.3, 0.4) is 0 Å². The molecule has 1 amide bonds. The van der Waals surface area contributed by atoms with Crippen LogP contribution in [0.2, 0.25) is 0 Å². The highest BCUT2D eigenvalue weighted by molar-refractivity contribution is 5.94. The van der Waals surface area contributed by atoms with Gasteiger partial charge in [0.05, 0.1) is 19.8 Å². The Morgan fingerprint density at radius 1 is 1.23 bits per heavy atom. The van der Waals surface area contributed by atoms with E-state index in [4.69, 9.17) is 4.74 Å². The molecule has 0 radical (unpaired) electrons. The Labute approximate surface area is 130 Å². The number of aliphatic hydroxyl groups excluding tert-OH is 1. The fourth-order valence-corrected chi connectivity index (χ4v) is 2.23. The summed E-state index contributed by atoms with van der Waals surface area (Å²) >= 11 is 0. The van der Waals surface area contributed by atoms with Crippen LogP contribution in [0.5, 0.6) is 5.75 Å². The Morgan fingerprint density at radius 2 is 1.95 bits per heavy atom. The van der Waals surface area contributed by atoms with Gasteiger partial charge < -0.3 is 15.2 Å². The minimum absolute atomic E-state index is 0.152. The van der Waals surface area contributed by atoms with E-state index in [1.807, 2.05) is 24.3 Å². The van der Waals surface area contributed by atoms with Crippen molar-refractivity contribution in [2.45, 2.75) is 19.4 Å². The number of rotatable bonds is 6. The average molecular weight is 299 g/mol. The van der Waals surface area contributed by atoms with Crippen molar-refractivity contribution in [2.75, 3.05) is 13.7 Å². The van der Waals surface area contributed by atoms with E-state index in [-0.39, 0.29) is 12.5 Å². The summed E-state index contributed by atoms with van der Waals surface area (Å²) < 4.78 is 5.12. The SMILES string of the molecule is CCc1ccc(C(CO)NC(=O)c2cccc(OC)c2)cc1. The molecule has 0 saturated carbocycles. The van der Waals surface area contributed by atoms with Gasteiger partial charge in [-0.15, -0.1) is 0 Å². The van der Waals surface area contributed by atoms with Crippen LogP contribution < -0.4 is 10.1 Å². The standard InChI is InChI=1S/C18H21NO3/c1-3-13-7-9-14(10-8-13)17(12-20)19-18(21)15-5-4-6-16(11-15)22-2/h4-11,17,20H,3,12H2,1-2H3,(H,19,21). The van der Waals surface area contributed by atoms with E-state index < -0.39 is 6.04 Å². The molecule has 0 aromatic heterocycles. The van der Waals surface area contributed by atoms with Gasteiger partial charge in [0.15, 0.2) is 0 Å². The fraction of sp³-hybridized carbons (Fsp3) is 0.278. The lowest BCUT2D eigenvalue weighted by molar-refractivity contribution is 0.0916. The second-order valence-corrected chi connectivity index (χ2v) is 5.04. The van der Waals surface area contributed by atoms with Crippen LogP contribution in [0.15, 0.2) is 48.5 Å². The van der Waals surface area contributed by atoms with E-state index in [1.165, 1.54) is 5.56 Å². The molecule has 22 heavy (non-hydrogen) atoms. The minimum Gasteiger partial charge on any atom is -0.497 e. The molecule has 0 aliphatic carbocycles. The van der Waals surface area contributed by atoms with Gasteiger partial charge in [0.2, 0.25) is 0 Å². The minimum atomic E-state index is -0.426. The van der Waals surface area contributed by atoms with Gasteiger partial charge >= 0.3 is 0 Å². The maximum Gasteiger partial charge on any atom is 0.251 e. The Hall–Kier alpha value is -2.33. The van der Waals surface area contributed by atoms with Crippen molar-refractivity contribution in [1.82, 2.24) is 5.32 Å². The lowest BCUT2D eigenvalue weighted by atomic mass is 10.0. The van der Waals surface area contributed by atoms with Crippen molar-refractivity contribution in [2.24, 2.45) is 0 Å². The normalized spacial score (nSPS) is 11.8. The largest absolute Gasteiger partial charge is 0.497 e. The lowest BCUT2D eigenvalue weighted by Crippen LogP contribution is -2.30. The summed E-state index contributed by atoms with van der Waals surface area (Å²) in [6.07, 6.45) is 0.959. The first-order valence-corrected chi connectivity index (χ1v) is 7.32. The molecule has 2 aromatic carbocycles. The monoisotopic (exact) mass is 299 g/mol. The molecular weight excluding hydrogens is 278 g/mol. The van der Waals surface area contributed by atoms with Crippen molar-refractivity contribution in [1.29, 1.82) is 0 Å². The fourth-order valence-electron chi connectivity index (χ4n) is 2.23. The summed E-state index contributed by atoms with van der Waals surface area (Å²) in [6, 6.07) is 14.4. The van der Waals surface area contributed by atoms with Gasteiger partial charge in [-0.3, -0.25) is 4.79 Å². The van der Waals surface area contributed by atoms with Gasteiger partial charge in [0.1, 0.15) is 5.75 Å². The average Bonchev–Trinajstić information content (AvgIpc) is 2.59. The Balaban J connectivity index is 2.12. The number of methoxy groups -OCH3 is 1. The second-order valence-electron chi connectivity index (χ2n) is 5.04. The van der Waals surface area contributed by atoms with Crippen LogP contribution in [-0.4, -0.2) is 24.7 Å². The molecule has 116 valence electrons. The van der Waals surface area contributed by atoms with Gasteiger partial charge in [0, 0.05) is 5.56 Å². The van der Waals surface area contributed by atoms with E-state index in [1.54, 1.807) is 31.4 Å². The third-order valence-electron chi connectivity index (χ3n) is 3.61. The molecular formula is C18H21NO3. The van der Waals surface area contributed by atoms with E-state index in [9.17, 15) is 9.90 Å². The van der Waals surface area contributed by atoms with Crippen LogP contribution in [-0.2, 0) is 6.42 Å². The van der Waals surface area contributed by atoms with E-state index in [0.717, 1.165) is 12.0 Å². The van der Waals surface area contributed by atoms with Crippen molar-refractivity contribution in [3.8, 4) is 5.75 Å². The quantitative estimate of drug-likeness (QED) is 0.862. The number of ether oxygens (including phenoxy) is 1. The first-order valence-electron chi connectivity index (χ1n) is 7.32. The van der Waals surface area contributed by atoms with Gasteiger partial charge in [0.25, 0.3) is 5.91 Å². The molecule has 0 spiro atoms. The number of amides is 1. The van der Waals surface area contributed by atoms with Gasteiger partial charge in [-0.2, -0.15) is 0 Å². The van der Waals surface area contributed by atoms with Gasteiger partial charge in [-0.25, -0.2) is 0 Å². The molecule has 0 fully saturated rings. The summed E-state index contributed by atoms with van der Waals surface area (Å²) in [5, 5.41) is 12.4. The Morgan fingerprint density at radius 3 is 2.55 bits per heavy atom. The van der Waals surface area contributed by atoms with Crippen molar-refractivity contribution >= 4 is 5.91 Å². The van der Waals surface area contributed by atoms with Crippen molar-refractivity contribution in [3.05, 3.63) is 65.2 Å². The maximum atomic E-state index is 12.3. The second kappa shape index (κ2) is 7.61. The molecule has 2 aromatic rings. The topological polar surface area (TPSA) is 58.6 Å². The highest BCUT2D eigenvalue weighted by Gasteiger charge is 2.15. The first kappa shape index (κ1) is 16.0. The summed E-state index contributed by atoms with van der Waals surface area (Å²) in [7, 11) is 1.56. The third-order valence-corrected chi connectivity index (χ3v) is 3.61. The van der Waals surface area contributed by atoms with Crippen LogP contribution >= 0.6 is 0 Å². The van der Waals surface area contributed by atoms with E-state index >= 15 is 0 Å². The van der Waals surface area contributed by atoms with Gasteiger partial charge in [-0.05, 0) is 35.7 Å². The maximum absolute atomic E-state index is 12.3. The lowest BCUT2D eigenvalue weighted by Gasteiger charge is -2.17. The summed E-state index contributed by atoms with van der Waals surface area (Å²) in [5.74, 6) is 0.387.